The van der Waals surface area contributed by atoms with Crippen LogP contribution in [0.3, 0.4) is 0 Å². The highest BCUT2D eigenvalue weighted by Gasteiger charge is 2.34. The molecule has 0 spiro atoms. The van der Waals surface area contributed by atoms with Crippen LogP contribution in [0.2, 0.25) is 0 Å². The third-order valence-electron chi connectivity index (χ3n) is 5.58. The van der Waals surface area contributed by atoms with Crippen LogP contribution in [-0.2, 0) is 13.1 Å². The first kappa shape index (κ1) is 17.2. The SMILES string of the molecule is CN1CC(N(Cc2ccccc2)Cc2ccccc2)CCC1(C)C. The highest BCUT2D eigenvalue weighted by atomic mass is 15.2. The Morgan fingerprint density at radius 1 is 0.917 bits per heavy atom. The lowest BCUT2D eigenvalue weighted by Crippen LogP contribution is -2.54. The Morgan fingerprint density at radius 3 is 1.88 bits per heavy atom. The van der Waals surface area contributed by atoms with Crippen molar-refractivity contribution in [3.05, 3.63) is 71.8 Å². The van der Waals surface area contributed by atoms with Crippen LogP contribution in [0.4, 0.5) is 0 Å². The van der Waals surface area contributed by atoms with Gasteiger partial charge in [0.25, 0.3) is 0 Å². The molecule has 0 aliphatic carbocycles. The van der Waals surface area contributed by atoms with Gasteiger partial charge in [0.15, 0.2) is 0 Å². The topological polar surface area (TPSA) is 6.48 Å². The number of nitrogens with zero attached hydrogens (tertiary/aromatic N) is 2. The van der Waals surface area contributed by atoms with Gasteiger partial charge in [0.2, 0.25) is 0 Å². The van der Waals surface area contributed by atoms with E-state index in [0.717, 1.165) is 19.6 Å². The van der Waals surface area contributed by atoms with Gasteiger partial charge in [0.05, 0.1) is 0 Å². The summed E-state index contributed by atoms with van der Waals surface area (Å²) in [5.74, 6) is 0. The zero-order valence-corrected chi connectivity index (χ0v) is 15.3. The lowest BCUT2D eigenvalue weighted by Gasteiger charge is -2.46. The van der Waals surface area contributed by atoms with Crippen LogP contribution in [0.1, 0.15) is 37.8 Å². The molecule has 2 nitrogen and oxygen atoms in total. The number of hydrogen-bond donors (Lipinski definition) is 0. The second-order valence-corrected chi connectivity index (χ2v) is 7.76. The molecule has 0 amide bonds. The standard InChI is InChI=1S/C22H30N2/c1-22(2)15-14-21(18-23(22)3)24(16-19-10-6-4-7-11-19)17-20-12-8-5-9-13-20/h4-13,21H,14-18H2,1-3H3. The first-order valence-corrected chi connectivity index (χ1v) is 9.08. The van der Waals surface area contributed by atoms with E-state index >= 15 is 0 Å². The minimum Gasteiger partial charge on any atom is -0.300 e. The fraction of sp³-hybridized carbons (Fsp3) is 0.455. The van der Waals surface area contributed by atoms with E-state index < -0.39 is 0 Å². The van der Waals surface area contributed by atoms with Crippen LogP contribution in [0, 0.1) is 0 Å². The van der Waals surface area contributed by atoms with Crippen molar-refractivity contribution >= 4 is 0 Å². The number of hydrogen-bond acceptors (Lipinski definition) is 2. The molecule has 1 heterocycles. The third kappa shape index (κ3) is 4.25. The third-order valence-corrected chi connectivity index (χ3v) is 5.58. The van der Waals surface area contributed by atoms with Crippen LogP contribution in [-0.4, -0.2) is 35.0 Å². The van der Waals surface area contributed by atoms with Gasteiger partial charge in [-0.15, -0.1) is 0 Å². The van der Waals surface area contributed by atoms with Crippen molar-refractivity contribution in [1.82, 2.24) is 9.80 Å². The highest BCUT2D eigenvalue weighted by Crippen LogP contribution is 2.29. The van der Waals surface area contributed by atoms with Crippen LogP contribution >= 0.6 is 0 Å². The van der Waals surface area contributed by atoms with E-state index in [4.69, 9.17) is 0 Å². The summed E-state index contributed by atoms with van der Waals surface area (Å²) in [4.78, 5) is 5.20. The van der Waals surface area contributed by atoms with Crippen molar-refractivity contribution in [2.45, 2.75) is 51.4 Å². The molecule has 1 aliphatic rings. The zero-order valence-electron chi connectivity index (χ0n) is 15.3. The molecule has 1 unspecified atom stereocenters. The van der Waals surface area contributed by atoms with Gasteiger partial charge in [0.1, 0.15) is 0 Å². The van der Waals surface area contributed by atoms with Gasteiger partial charge in [-0.2, -0.15) is 0 Å². The molecule has 0 radical (unpaired) electrons. The van der Waals surface area contributed by atoms with Crippen molar-refractivity contribution in [2.24, 2.45) is 0 Å². The molecular formula is C22H30N2. The Morgan fingerprint density at radius 2 is 1.42 bits per heavy atom. The first-order valence-electron chi connectivity index (χ1n) is 9.08. The lowest BCUT2D eigenvalue weighted by molar-refractivity contribution is 0.0280. The Kier molecular flexibility index (Phi) is 5.37. The molecule has 3 rings (SSSR count). The van der Waals surface area contributed by atoms with E-state index in [-0.39, 0.29) is 0 Å². The van der Waals surface area contributed by atoms with E-state index in [1.807, 2.05) is 0 Å². The minimum atomic E-state index is 0.321. The largest absolute Gasteiger partial charge is 0.300 e. The summed E-state index contributed by atoms with van der Waals surface area (Å²) in [5.41, 5.74) is 3.13. The number of likely N-dealkylation sites (N-methyl/N-ethyl adjacent to an activating group) is 1. The van der Waals surface area contributed by atoms with E-state index in [0.29, 0.717) is 11.6 Å². The molecule has 0 saturated carbocycles. The van der Waals surface area contributed by atoms with Gasteiger partial charge in [-0.1, -0.05) is 60.7 Å². The van der Waals surface area contributed by atoms with Gasteiger partial charge in [-0.25, -0.2) is 0 Å². The number of likely N-dealkylation sites (tertiary alicyclic amines) is 1. The maximum absolute atomic E-state index is 2.66. The summed E-state index contributed by atoms with van der Waals surface area (Å²) in [6.45, 7) is 7.92. The van der Waals surface area contributed by atoms with Crippen molar-refractivity contribution in [1.29, 1.82) is 0 Å². The maximum atomic E-state index is 2.66. The molecule has 2 aromatic rings. The highest BCUT2D eigenvalue weighted by molar-refractivity contribution is 5.17. The van der Waals surface area contributed by atoms with Crippen LogP contribution in [0.15, 0.2) is 60.7 Å². The Balaban J connectivity index is 1.77. The number of piperidine rings is 1. The van der Waals surface area contributed by atoms with Gasteiger partial charge >= 0.3 is 0 Å². The zero-order chi connectivity index (χ0) is 17.0. The summed E-state index contributed by atoms with van der Waals surface area (Å²) in [6, 6.07) is 22.4. The quantitative estimate of drug-likeness (QED) is 0.796. The van der Waals surface area contributed by atoms with E-state index in [9.17, 15) is 0 Å². The molecule has 0 N–H and O–H groups in total. The summed E-state index contributed by atoms with van der Waals surface area (Å²) < 4.78 is 0. The van der Waals surface area contributed by atoms with Crippen molar-refractivity contribution in [2.75, 3.05) is 13.6 Å². The molecule has 1 atom stereocenters. The Hall–Kier alpha value is -1.64. The van der Waals surface area contributed by atoms with Gasteiger partial charge < -0.3 is 0 Å². The lowest BCUT2D eigenvalue weighted by atomic mass is 9.88. The second kappa shape index (κ2) is 7.50. The first-order chi connectivity index (χ1) is 11.5. The summed E-state index contributed by atoms with van der Waals surface area (Å²) in [6.07, 6.45) is 2.53. The number of benzene rings is 2. The van der Waals surface area contributed by atoms with Gasteiger partial charge in [-0.05, 0) is 44.9 Å². The molecule has 128 valence electrons. The van der Waals surface area contributed by atoms with Crippen molar-refractivity contribution in [3.8, 4) is 0 Å². The van der Waals surface area contributed by atoms with Crippen LogP contribution < -0.4 is 0 Å². The van der Waals surface area contributed by atoms with Gasteiger partial charge in [0, 0.05) is 31.2 Å². The predicted octanol–water partition coefficient (Wildman–Crippen LogP) is 4.56. The minimum absolute atomic E-state index is 0.321. The fourth-order valence-corrected chi connectivity index (χ4v) is 3.61. The summed E-state index contributed by atoms with van der Waals surface area (Å²) >= 11 is 0. The Labute approximate surface area is 147 Å². The van der Waals surface area contributed by atoms with E-state index in [2.05, 4.69) is 91.4 Å². The summed E-state index contributed by atoms with van der Waals surface area (Å²) in [5, 5.41) is 0. The number of rotatable bonds is 5. The molecule has 1 fully saturated rings. The molecule has 1 aliphatic heterocycles. The van der Waals surface area contributed by atoms with E-state index in [1.54, 1.807) is 0 Å². The fourth-order valence-electron chi connectivity index (χ4n) is 3.61. The molecule has 1 saturated heterocycles. The molecule has 24 heavy (non-hydrogen) atoms. The van der Waals surface area contributed by atoms with Crippen molar-refractivity contribution < 1.29 is 0 Å². The van der Waals surface area contributed by atoms with Gasteiger partial charge in [-0.3, -0.25) is 9.80 Å². The smallest absolute Gasteiger partial charge is 0.0240 e. The molecule has 0 bridgehead atoms. The maximum Gasteiger partial charge on any atom is 0.0240 e. The van der Waals surface area contributed by atoms with E-state index in [1.165, 1.54) is 24.0 Å². The Bertz CT molecular complexity index is 579. The molecular weight excluding hydrogens is 292 g/mol. The normalized spacial score (nSPS) is 21.1. The molecule has 0 aromatic heterocycles. The molecule has 2 aromatic carbocycles. The predicted molar refractivity (Wildman–Crippen MR) is 102 cm³/mol. The average molecular weight is 322 g/mol. The monoisotopic (exact) mass is 322 g/mol. The van der Waals surface area contributed by atoms with Crippen molar-refractivity contribution in [3.63, 3.8) is 0 Å². The summed E-state index contributed by atoms with van der Waals surface area (Å²) in [7, 11) is 2.27. The molecule has 2 heteroatoms. The average Bonchev–Trinajstić information content (AvgIpc) is 2.59. The van der Waals surface area contributed by atoms with Crippen LogP contribution in [0.25, 0.3) is 0 Å². The second-order valence-electron chi connectivity index (χ2n) is 7.76. The van der Waals surface area contributed by atoms with Crippen LogP contribution in [0.5, 0.6) is 0 Å².